The van der Waals surface area contributed by atoms with E-state index in [1.54, 1.807) is 61.1 Å². The molecule has 2 aromatic heterocycles. The Morgan fingerprint density at radius 2 is 1.85 bits per heavy atom. The van der Waals surface area contributed by atoms with Crippen molar-refractivity contribution in [2.75, 3.05) is 0 Å². The summed E-state index contributed by atoms with van der Waals surface area (Å²) < 4.78 is 5.78. The molecule has 0 saturated carbocycles. The van der Waals surface area contributed by atoms with Crippen LogP contribution in [0.15, 0.2) is 72.7 Å². The molecule has 4 rings (SSSR count). The van der Waals surface area contributed by atoms with E-state index in [9.17, 15) is 14.7 Å². The molecular formula is C26H25N3O4. The fraction of sp³-hybridized carbons (Fsp3) is 0.231. The minimum absolute atomic E-state index is 0.00626. The number of aromatic nitrogens is 2. The van der Waals surface area contributed by atoms with Crippen molar-refractivity contribution in [3.63, 3.8) is 0 Å². The number of hydrogen-bond donors (Lipinski definition) is 1. The molecule has 0 bridgehead atoms. The predicted octanol–water partition coefficient (Wildman–Crippen LogP) is 4.19. The number of aliphatic hydroxyl groups is 1. The van der Waals surface area contributed by atoms with Crippen molar-refractivity contribution in [1.82, 2.24) is 14.9 Å². The average Bonchev–Trinajstić information content (AvgIpc) is 3.06. The predicted molar refractivity (Wildman–Crippen MR) is 123 cm³/mol. The number of carbonyl (C=O) groups excluding carboxylic acids is 2. The Balaban J connectivity index is 1.81. The quantitative estimate of drug-likeness (QED) is 0.349. The zero-order valence-electron chi connectivity index (χ0n) is 18.7. The molecule has 1 N–H and O–H groups in total. The molecule has 168 valence electrons. The van der Waals surface area contributed by atoms with Crippen LogP contribution in [0.4, 0.5) is 0 Å². The lowest BCUT2D eigenvalue weighted by Crippen LogP contribution is -2.29. The Morgan fingerprint density at radius 1 is 1.09 bits per heavy atom. The lowest BCUT2D eigenvalue weighted by atomic mass is 9.95. The fourth-order valence-corrected chi connectivity index (χ4v) is 3.94. The van der Waals surface area contributed by atoms with Crippen molar-refractivity contribution in [2.24, 2.45) is 0 Å². The van der Waals surface area contributed by atoms with E-state index in [-0.39, 0.29) is 24.0 Å². The van der Waals surface area contributed by atoms with Crippen molar-refractivity contribution >= 4 is 17.4 Å². The van der Waals surface area contributed by atoms with Gasteiger partial charge in [0.05, 0.1) is 30.0 Å². The third-order valence-electron chi connectivity index (χ3n) is 5.43. The molecule has 1 amide bonds. The normalized spacial score (nSPS) is 17.6. The third-order valence-corrected chi connectivity index (χ3v) is 5.43. The van der Waals surface area contributed by atoms with E-state index < -0.39 is 17.7 Å². The van der Waals surface area contributed by atoms with Crippen LogP contribution in [-0.2, 0) is 16.1 Å². The van der Waals surface area contributed by atoms with E-state index in [0.29, 0.717) is 22.6 Å². The van der Waals surface area contributed by atoms with E-state index >= 15 is 0 Å². The summed E-state index contributed by atoms with van der Waals surface area (Å²) >= 11 is 0. The van der Waals surface area contributed by atoms with E-state index in [2.05, 4.69) is 9.97 Å². The first-order chi connectivity index (χ1) is 15.9. The van der Waals surface area contributed by atoms with Gasteiger partial charge in [0.15, 0.2) is 0 Å². The monoisotopic (exact) mass is 443 g/mol. The minimum atomic E-state index is -0.762. The molecule has 1 aliphatic heterocycles. The largest absolute Gasteiger partial charge is 0.507 e. The smallest absolute Gasteiger partial charge is 0.296 e. The topological polar surface area (TPSA) is 92.6 Å². The van der Waals surface area contributed by atoms with Gasteiger partial charge in [-0.15, -0.1) is 0 Å². The number of aliphatic hydroxyl groups excluding tert-OH is 1. The van der Waals surface area contributed by atoms with Gasteiger partial charge in [-0.05, 0) is 74.4 Å². The standard InChI is InChI=1S/C26H25N3O4/c1-16(2)33-21-8-7-19(14-17(21)3)24(30)22-23(18-9-12-27-13-10-18)29(26(32)25(22)31)15-20-6-4-5-11-28-20/h4-14,16,23,30H,15H2,1-3H3/b24-22-. The molecule has 1 aliphatic rings. The fourth-order valence-electron chi connectivity index (χ4n) is 3.94. The third kappa shape index (κ3) is 4.48. The van der Waals surface area contributed by atoms with Gasteiger partial charge >= 0.3 is 0 Å². The zero-order chi connectivity index (χ0) is 23.5. The summed E-state index contributed by atoms with van der Waals surface area (Å²) in [7, 11) is 0. The van der Waals surface area contributed by atoms with E-state index in [0.717, 1.165) is 5.56 Å². The Kier molecular flexibility index (Phi) is 6.22. The maximum Gasteiger partial charge on any atom is 0.296 e. The maximum atomic E-state index is 13.1. The molecule has 1 aromatic carbocycles. The molecule has 0 radical (unpaired) electrons. The highest BCUT2D eigenvalue weighted by Crippen LogP contribution is 2.40. The summed E-state index contributed by atoms with van der Waals surface area (Å²) in [6.07, 6.45) is 4.83. The summed E-state index contributed by atoms with van der Waals surface area (Å²) in [4.78, 5) is 36.0. The second-order valence-corrected chi connectivity index (χ2v) is 8.18. The van der Waals surface area contributed by atoms with Crippen molar-refractivity contribution in [3.8, 4) is 5.75 Å². The minimum Gasteiger partial charge on any atom is -0.507 e. The lowest BCUT2D eigenvalue weighted by molar-refractivity contribution is -0.140. The van der Waals surface area contributed by atoms with Crippen LogP contribution in [0, 0.1) is 6.92 Å². The number of Topliss-reactive ketones (excluding diaryl/α,β-unsaturated/α-hetero) is 1. The number of hydrogen-bond acceptors (Lipinski definition) is 6. The molecule has 1 atom stereocenters. The first-order valence-corrected chi connectivity index (χ1v) is 10.7. The van der Waals surface area contributed by atoms with Crippen molar-refractivity contribution in [2.45, 2.75) is 39.5 Å². The number of ether oxygens (including phenoxy) is 1. The highest BCUT2D eigenvalue weighted by Gasteiger charge is 2.46. The number of likely N-dealkylation sites (tertiary alicyclic amines) is 1. The number of benzene rings is 1. The van der Waals surface area contributed by atoms with Gasteiger partial charge < -0.3 is 14.7 Å². The number of rotatable bonds is 6. The second kappa shape index (κ2) is 9.24. The van der Waals surface area contributed by atoms with Gasteiger partial charge in [0.1, 0.15) is 11.5 Å². The molecule has 1 unspecified atom stereocenters. The van der Waals surface area contributed by atoms with Crippen LogP contribution in [0.25, 0.3) is 5.76 Å². The number of nitrogens with zero attached hydrogens (tertiary/aromatic N) is 3. The second-order valence-electron chi connectivity index (χ2n) is 8.18. The zero-order valence-corrected chi connectivity index (χ0v) is 18.7. The molecule has 7 nitrogen and oxygen atoms in total. The van der Waals surface area contributed by atoms with Crippen molar-refractivity contribution in [1.29, 1.82) is 0 Å². The van der Waals surface area contributed by atoms with Crippen LogP contribution in [-0.4, -0.2) is 37.8 Å². The van der Waals surface area contributed by atoms with Gasteiger partial charge in [0.2, 0.25) is 0 Å². The van der Waals surface area contributed by atoms with Gasteiger partial charge in [-0.3, -0.25) is 19.6 Å². The average molecular weight is 444 g/mol. The summed E-state index contributed by atoms with van der Waals surface area (Å²) in [5.74, 6) is -0.938. The first kappa shape index (κ1) is 22.2. The molecular weight excluding hydrogens is 418 g/mol. The summed E-state index contributed by atoms with van der Waals surface area (Å²) in [6, 6.07) is 13.3. The molecule has 0 aliphatic carbocycles. The van der Waals surface area contributed by atoms with Crippen LogP contribution < -0.4 is 4.74 Å². The van der Waals surface area contributed by atoms with Crippen LogP contribution in [0.2, 0.25) is 0 Å². The number of aryl methyl sites for hydroxylation is 1. The first-order valence-electron chi connectivity index (χ1n) is 10.7. The highest BCUT2D eigenvalue weighted by atomic mass is 16.5. The Morgan fingerprint density at radius 3 is 2.48 bits per heavy atom. The number of amides is 1. The van der Waals surface area contributed by atoms with E-state index in [1.807, 2.05) is 26.8 Å². The van der Waals surface area contributed by atoms with Crippen molar-refractivity contribution < 1.29 is 19.4 Å². The van der Waals surface area contributed by atoms with Crippen LogP contribution >= 0.6 is 0 Å². The van der Waals surface area contributed by atoms with Gasteiger partial charge in [0, 0.05) is 24.2 Å². The van der Waals surface area contributed by atoms with Gasteiger partial charge in [0.25, 0.3) is 11.7 Å². The van der Waals surface area contributed by atoms with Crippen LogP contribution in [0.3, 0.4) is 0 Å². The van der Waals surface area contributed by atoms with Gasteiger partial charge in [-0.2, -0.15) is 0 Å². The Hall–Kier alpha value is -4.00. The van der Waals surface area contributed by atoms with Crippen LogP contribution in [0.1, 0.15) is 42.3 Å². The summed E-state index contributed by atoms with van der Waals surface area (Å²) in [6.45, 7) is 5.88. The lowest BCUT2D eigenvalue weighted by Gasteiger charge is -2.25. The molecule has 0 spiro atoms. The maximum absolute atomic E-state index is 13.1. The highest BCUT2D eigenvalue weighted by molar-refractivity contribution is 6.46. The Bertz CT molecular complexity index is 1210. The summed E-state index contributed by atoms with van der Waals surface area (Å²) in [5.41, 5.74) is 2.62. The van der Waals surface area contributed by atoms with Crippen LogP contribution in [0.5, 0.6) is 5.75 Å². The van der Waals surface area contributed by atoms with E-state index in [1.165, 1.54) is 4.90 Å². The van der Waals surface area contributed by atoms with Gasteiger partial charge in [-0.25, -0.2) is 0 Å². The number of ketones is 1. The van der Waals surface area contributed by atoms with Crippen molar-refractivity contribution in [3.05, 3.63) is 95.1 Å². The van der Waals surface area contributed by atoms with Gasteiger partial charge in [-0.1, -0.05) is 6.07 Å². The molecule has 7 heteroatoms. The SMILES string of the molecule is Cc1cc(/C(O)=C2/C(=O)C(=O)N(Cc3ccccn3)C2c2ccncc2)ccc1OC(C)C. The summed E-state index contributed by atoms with van der Waals surface area (Å²) in [5, 5.41) is 11.2. The number of carbonyl (C=O) groups is 2. The molecule has 1 saturated heterocycles. The molecule has 3 heterocycles. The van der Waals surface area contributed by atoms with E-state index in [4.69, 9.17) is 4.74 Å². The Labute approximate surface area is 192 Å². The number of pyridine rings is 2. The molecule has 33 heavy (non-hydrogen) atoms. The molecule has 3 aromatic rings. The molecule has 1 fully saturated rings.